The van der Waals surface area contributed by atoms with Crippen LogP contribution in [0, 0.1) is 9.49 Å². The van der Waals surface area contributed by atoms with Gasteiger partial charge in [0.2, 0.25) is 0 Å². The number of hydrogen-bond acceptors (Lipinski definition) is 1. The molecule has 1 heterocycles. The van der Waals surface area contributed by atoms with Crippen molar-refractivity contribution >= 4 is 46.0 Å². The third kappa shape index (κ3) is 2.80. The first-order valence-corrected chi connectivity index (χ1v) is 7.39. The molecule has 0 nitrogen and oxygen atoms in total. The van der Waals surface area contributed by atoms with Crippen LogP contribution in [0.15, 0.2) is 24.3 Å². The highest BCUT2D eigenvalue weighted by Gasteiger charge is 2.25. The maximum atomic E-state index is 6.24. The highest BCUT2D eigenvalue weighted by molar-refractivity contribution is 14.1. The van der Waals surface area contributed by atoms with Crippen molar-refractivity contribution in [2.45, 2.75) is 11.8 Å². The second-order valence-electron chi connectivity index (χ2n) is 3.64. The Kier molecular flexibility index (Phi) is 4.02. The van der Waals surface area contributed by atoms with Crippen LogP contribution in [-0.4, -0.2) is 16.9 Å². The standard InChI is InChI=1S/C11H12ClIS/c12-11-7-14-6-9(11)5-8-1-3-10(13)4-2-8/h1-4,9,11H,5-7H2. The normalized spacial score (nSPS) is 26.7. The third-order valence-electron chi connectivity index (χ3n) is 2.53. The average molecular weight is 339 g/mol. The fourth-order valence-electron chi connectivity index (χ4n) is 1.68. The maximum Gasteiger partial charge on any atom is 0.0465 e. The van der Waals surface area contributed by atoms with Crippen LogP contribution in [-0.2, 0) is 6.42 Å². The number of halogens is 2. The van der Waals surface area contributed by atoms with Gasteiger partial charge in [0, 0.05) is 14.7 Å². The van der Waals surface area contributed by atoms with Gasteiger partial charge in [-0.15, -0.1) is 11.6 Å². The largest absolute Gasteiger partial charge is 0.160 e. The lowest BCUT2D eigenvalue weighted by Crippen LogP contribution is -2.14. The number of thioether (sulfide) groups is 1. The summed E-state index contributed by atoms with van der Waals surface area (Å²) in [7, 11) is 0. The number of alkyl halides is 1. The zero-order valence-electron chi connectivity index (χ0n) is 7.75. The zero-order chi connectivity index (χ0) is 9.97. The van der Waals surface area contributed by atoms with E-state index in [4.69, 9.17) is 11.6 Å². The molecule has 0 spiro atoms. The fraction of sp³-hybridized carbons (Fsp3) is 0.455. The molecule has 1 fully saturated rings. The summed E-state index contributed by atoms with van der Waals surface area (Å²) in [6.07, 6.45) is 1.14. The summed E-state index contributed by atoms with van der Waals surface area (Å²) in [5.41, 5.74) is 1.42. The van der Waals surface area contributed by atoms with Crippen LogP contribution in [0.1, 0.15) is 5.56 Å². The van der Waals surface area contributed by atoms with E-state index in [1.54, 1.807) is 0 Å². The summed E-state index contributed by atoms with van der Waals surface area (Å²) < 4.78 is 1.30. The van der Waals surface area contributed by atoms with Crippen molar-refractivity contribution in [3.8, 4) is 0 Å². The van der Waals surface area contributed by atoms with Gasteiger partial charge < -0.3 is 0 Å². The molecule has 0 saturated carbocycles. The van der Waals surface area contributed by atoms with Gasteiger partial charge >= 0.3 is 0 Å². The van der Waals surface area contributed by atoms with Gasteiger partial charge in [0.05, 0.1) is 0 Å². The van der Waals surface area contributed by atoms with E-state index in [0.29, 0.717) is 11.3 Å². The fourth-order valence-corrected chi connectivity index (χ4v) is 3.88. The molecule has 1 aliphatic heterocycles. The van der Waals surface area contributed by atoms with Crippen molar-refractivity contribution in [3.05, 3.63) is 33.4 Å². The van der Waals surface area contributed by atoms with E-state index in [2.05, 4.69) is 46.9 Å². The van der Waals surface area contributed by atoms with E-state index in [-0.39, 0.29) is 0 Å². The van der Waals surface area contributed by atoms with Gasteiger partial charge in [-0.2, -0.15) is 11.8 Å². The summed E-state index contributed by atoms with van der Waals surface area (Å²) in [4.78, 5) is 0. The van der Waals surface area contributed by atoms with Crippen LogP contribution in [0.5, 0.6) is 0 Å². The van der Waals surface area contributed by atoms with Gasteiger partial charge in [0.1, 0.15) is 0 Å². The molecule has 1 saturated heterocycles. The number of rotatable bonds is 2. The molecular weight excluding hydrogens is 327 g/mol. The first-order chi connectivity index (χ1) is 6.75. The Labute approximate surface area is 108 Å². The lowest BCUT2D eigenvalue weighted by molar-refractivity contribution is 0.603. The summed E-state index contributed by atoms with van der Waals surface area (Å²) >= 11 is 10.6. The van der Waals surface area contributed by atoms with Gasteiger partial charge in [-0.1, -0.05) is 12.1 Å². The molecular formula is C11H12ClIS. The second-order valence-corrected chi connectivity index (χ2v) is 6.53. The van der Waals surface area contributed by atoms with E-state index >= 15 is 0 Å². The Morgan fingerprint density at radius 1 is 1.29 bits per heavy atom. The lowest BCUT2D eigenvalue weighted by Gasteiger charge is -2.12. The SMILES string of the molecule is ClC1CSCC1Cc1ccc(I)cc1. The monoisotopic (exact) mass is 338 g/mol. The van der Waals surface area contributed by atoms with Crippen molar-refractivity contribution < 1.29 is 0 Å². The highest BCUT2D eigenvalue weighted by Crippen LogP contribution is 2.31. The first-order valence-electron chi connectivity index (χ1n) is 4.72. The van der Waals surface area contributed by atoms with Gasteiger partial charge in [0.25, 0.3) is 0 Å². The quantitative estimate of drug-likeness (QED) is 0.584. The van der Waals surface area contributed by atoms with E-state index < -0.39 is 0 Å². The second kappa shape index (κ2) is 5.08. The summed E-state index contributed by atoms with van der Waals surface area (Å²) in [5, 5.41) is 0.374. The van der Waals surface area contributed by atoms with E-state index in [1.807, 2.05) is 11.8 Å². The van der Waals surface area contributed by atoms with Crippen LogP contribution < -0.4 is 0 Å². The minimum absolute atomic E-state index is 0.374. The molecule has 14 heavy (non-hydrogen) atoms. The molecule has 0 aromatic heterocycles. The van der Waals surface area contributed by atoms with E-state index in [0.717, 1.165) is 12.2 Å². The molecule has 0 amide bonds. The molecule has 0 N–H and O–H groups in total. The number of benzene rings is 1. The third-order valence-corrected chi connectivity index (χ3v) is 5.20. The Morgan fingerprint density at radius 3 is 2.57 bits per heavy atom. The minimum Gasteiger partial charge on any atom is -0.160 e. The summed E-state index contributed by atoms with van der Waals surface area (Å²) in [6, 6.07) is 8.77. The highest BCUT2D eigenvalue weighted by atomic mass is 127. The smallest absolute Gasteiger partial charge is 0.0465 e. The molecule has 0 radical (unpaired) electrons. The van der Waals surface area contributed by atoms with Crippen molar-refractivity contribution in [3.63, 3.8) is 0 Å². The van der Waals surface area contributed by atoms with E-state index in [9.17, 15) is 0 Å². The minimum atomic E-state index is 0.374. The maximum absolute atomic E-state index is 6.24. The molecule has 2 atom stereocenters. The number of hydrogen-bond donors (Lipinski definition) is 0. The Bertz CT molecular complexity index is 299. The predicted molar refractivity (Wildman–Crippen MR) is 73.3 cm³/mol. The van der Waals surface area contributed by atoms with Crippen LogP contribution >= 0.6 is 46.0 Å². The molecule has 76 valence electrons. The van der Waals surface area contributed by atoms with Crippen LogP contribution in [0.3, 0.4) is 0 Å². The van der Waals surface area contributed by atoms with Gasteiger partial charge in [-0.05, 0) is 58.4 Å². The Balaban J connectivity index is 2.00. The van der Waals surface area contributed by atoms with Crippen molar-refractivity contribution in [2.24, 2.45) is 5.92 Å². The van der Waals surface area contributed by atoms with Crippen LogP contribution in [0.2, 0.25) is 0 Å². The summed E-state index contributed by atoms with van der Waals surface area (Å²) in [5.74, 6) is 3.01. The molecule has 1 aromatic rings. The van der Waals surface area contributed by atoms with Crippen LogP contribution in [0.4, 0.5) is 0 Å². The molecule has 3 heteroatoms. The van der Waals surface area contributed by atoms with Crippen LogP contribution in [0.25, 0.3) is 0 Å². The average Bonchev–Trinajstić information content (AvgIpc) is 2.56. The summed E-state index contributed by atoms with van der Waals surface area (Å²) in [6.45, 7) is 0. The zero-order valence-corrected chi connectivity index (χ0v) is 11.5. The van der Waals surface area contributed by atoms with Gasteiger partial charge in [-0.25, -0.2) is 0 Å². The lowest BCUT2D eigenvalue weighted by atomic mass is 9.99. The van der Waals surface area contributed by atoms with Gasteiger partial charge in [-0.3, -0.25) is 0 Å². The molecule has 2 rings (SSSR count). The Hall–Kier alpha value is 0.590. The van der Waals surface area contributed by atoms with Crippen molar-refractivity contribution in [2.75, 3.05) is 11.5 Å². The first kappa shape index (κ1) is 11.1. The predicted octanol–water partition coefficient (Wildman–Crippen LogP) is 3.80. The molecule has 1 aliphatic rings. The molecule has 0 aliphatic carbocycles. The molecule has 1 aromatic carbocycles. The molecule has 0 bridgehead atoms. The van der Waals surface area contributed by atoms with Crippen molar-refractivity contribution in [1.82, 2.24) is 0 Å². The van der Waals surface area contributed by atoms with Crippen molar-refractivity contribution in [1.29, 1.82) is 0 Å². The Morgan fingerprint density at radius 2 is 2.00 bits per heavy atom. The molecule has 2 unspecified atom stereocenters. The topological polar surface area (TPSA) is 0 Å². The van der Waals surface area contributed by atoms with E-state index in [1.165, 1.54) is 14.9 Å². The van der Waals surface area contributed by atoms with Gasteiger partial charge in [0.15, 0.2) is 0 Å².